The van der Waals surface area contributed by atoms with Crippen LogP contribution in [0.4, 0.5) is 10.2 Å². The van der Waals surface area contributed by atoms with Gasteiger partial charge in [-0.15, -0.1) is 0 Å². The van der Waals surface area contributed by atoms with Crippen molar-refractivity contribution in [1.82, 2.24) is 25.5 Å². The summed E-state index contributed by atoms with van der Waals surface area (Å²) in [7, 11) is 0. The molecule has 1 saturated carbocycles. The predicted octanol–water partition coefficient (Wildman–Crippen LogP) is 3.89. The van der Waals surface area contributed by atoms with E-state index in [0.717, 1.165) is 23.4 Å². The monoisotopic (exact) mass is 530 g/mol. The van der Waals surface area contributed by atoms with Crippen LogP contribution in [0.5, 0.6) is 5.75 Å². The fourth-order valence-corrected chi connectivity index (χ4v) is 4.71. The molecule has 2 aromatic carbocycles. The van der Waals surface area contributed by atoms with Crippen molar-refractivity contribution in [3.63, 3.8) is 0 Å². The van der Waals surface area contributed by atoms with Gasteiger partial charge in [-0.05, 0) is 67.3 Å². The summed E-state index contributed by atoms with van der Waals surface area (Å²) in [5.41, 5.74) is 3.47. The van der Waals surface area contributed by atoms with Crippen LogP contribution in [0.3, 0.4) is 0 Å². The number of rotatable bonds is 9. The summed E-state index contributed by atoms with van der Waals surface area (Å²) in [6, 6.07) is 13.0. The third-order valence-corrected chi connectivity index (χ3v) is 6.71. The van der Waals surface area contributed by atoms with E-state index in [1.807, 2.05) is 25.1 Å². The number of amides is 1. The summed E-state index contributed by atoms with van der Waals surface area (Å²) in [6.45, 7) is 1.90. The molecule has 4 aromatic rings. The predicted molar refractivity (Wildman–Crippen MR) is 141 cm³/mol. The second-order valence-corrected chi connectivity index (χ2v) is 9.46. The molecule has 10 nitrogen and oxygen atoms in total. The van der Waals surface area contributed by atoms with Crippen LogP contribution in [0.15, 0.2) is 54.9 Å². The van der Waals surface area contributed by atoms with E-state index in [2.05, 4.69) is 30.8 Å². The summed E-state index contributed by atoms with van der Waals surface area (Å²) in [5.74, 6) is -1.43. The molecule has 0 bridgehead atoms. The zero-order chi connectivity index (χ0) is 27.4. The van der Waals surface area contributed by atoms with Crippen molar-refractivity contribution in [2.75, 3.05) is 11.9 Å². The molecule has 3 N–H and O–H groups in total. The Hall–Kier alpha value is -4.67. The largest absolute Gasteiger partial charge is 0.481 e. The molecule has 2 heterocycles. The molecule has 11 heteroatoms. The molecule has 2 atom stereocenters. The van der Waals surface area contributed by atoms with E-state index < -0.39 is 23.8 Å². The highest BCUT2D eigenvalue weighted by Crippen LogP contribution is 2.34. The number of carbonyl (C=O) groups is 2. The maximum absolute atomic E-state index is 13.6. The molecule has 1 aliphatic rings. The van der Waals surface area contributed by atoms with E-state index in [4.69, 9.17) is 4.74 Å². The zero-order valence-corrected chi connectivity index (χ0v) is 21.2. The Labute approximate surface area is 223 Å². The summed E-state index contributed by atoms with van der Waals surface area (Å²) >= 11 is 0. The normalized spacial score (nSPS) is 16.7. The average molecular weight is 531 g/mol. The van der Waals surface area contributed by atoms with Gasteiger partial charge in [-0.2, -0.15) is 10.2 Å². The van der Waals surface area contributed by atoms with Gasteiger partial charge in [0, 0.05) is 11.4 Å². The van der Waals surface area contributed by atoms with Crippen LogP contribution in [-0.2, 0) is 16.1 Å². The lowest BCUT2D eigenvalue weighted by atomic mass is 10.0. The molecule has 39 heavy (non-hydrogen) atoms. The molecular weight excluding hydrogens is 503 g/mol. The Morgan fingerprint density at radius 3 is 2.62 bits per heavy atom. The van der Waals surface area contributed by atoms with Gasteiger partial charge in [-0.3, -0.25) is 9.59 Å². The van der Waals surface area contributed by atoms with E-state index in [-0.39, 0.29) is 12.4 Å². The number of nitrogens with zero attached hydrogens (tertiary/aromatic N) is 4. The first kappa shape index (κ1) is 26.0. The first-order valence-electron chi connectivity index (χ1n) is 12.6. The van der Waals surface area contributed by atoms with Crippen LogP contribution in [-0.4, -0.2) is 49.8 Å². The van der Waals surface area contributed by atoms with Gasteiger partial charge in [0.2, 0.25) is 0 Å². The number of aliphatic carboxylic acids is 1. The molecule has 0 unspecified atom stereocenters. The molecule has 1 amide bonds. The Bertz CT molecular complexity index is 1500. The lowest BCUT2D eigenvalue weighted by Crippen LogP contribution is -2.42. The van der Waals surface area contributed by atoms with Crippen LogP contribution in [0, 0.1) is 18.7 Å². The van der Waals surface area contributed by atoms with Crippen LogP contribution >= 0.6 is 0 Å². The van der Waals surface area contributed by atoms with Crippen molar-refractivity contribution < 1.29 is 23.8 Å². The second-order valence-electron chi connectivity index (χ2n) is 9.46. The number of fused-ring (bicyclic) bond motifs is 1. The SMILES string of the molecule is Cc1ccc(CNc2ncnc3c(OCC(=O)N[C@H]4CCC[C@H]4C(=O)O)cc(-c4ccc(F)cc4)cc23)nn1. The Morgan fingerprint density at radius 2 is 1.87 bits per heavy atom. The number of aryl methyl sites for hydroxylation is 1. The summed E-state index contributed by atoms with van der Waals surface area (Å²) in [5, 5.41) is 24.3. The Kier molecular flexibility index (Phi) is 7.57. The number of carboxylic acid groups (broad SMARTS) is 1. The molecule has 0 radical (unpaired) electrons. The average Bonchev–Trinajstić information content (AvgIpc) is 3.40. The molecule has 1 fully saturated rings. The van der Waals surface area contributed by atoms with Crippen LogP contribution in [0.2, 0.25) is 0 Å². The number of anilines is 1. The molecule has 1 aliphatic carbocycles. The third-order valence-electron chi connectivity index (χ3n) is 6.71. The number of benzene rings is 2. The van der Waals surface area contributed by atoms with E-state index in [1.165, 1.54) is 18.5 Å². The molecule has 0 spiro atoms. The third kappa shape index (κ3) is 6.08. The fourth-order valence-electron chi connectivity index (χ4n) is 4.71. The summed E-state index contributed by atoms with van der Waals surface area (Å²) < 4.78 is 19.5. The van der Waals surface area contributed by atoms with Gasteiger partial charge in [-0.1, -0.05) is 18.6 Å². The molecular formula is C28H27FN6O4. The van der Waals surface area contributed by atoms with Gasteiger partial charge in [0.05, 0.1) is 23.9 Å². The second kappa shape index (κ2) is 11.4. The van der Waals surface area contributed by atoms with E-state index in [9.17, 15) is 19.1 Å². The highest BCUT2D eigenvalue weighted by Gasteiger charge is 2.33. The molecule has 2 aromatic heterocycles. The van der Waals surface area contributed by atoms with Gasteiger partial charge >= 0.3 is 5.97 Å². The topological polar surface area (TPSA) is 139 Å². The number of nitrogens with one attached hydrogen (secondary N) is 2. The lowest BCUT2D eigenvalue weighted by molar-refractivity contribution is -0.142. The maximum atomic E-state index is 13.6. The fraction of sp³-hybridized carbons (Fsp3) is 0.286. The molecule has 0 saturated heterocycles. The number of carbonyl (C=O) groups excluding carboxylic acids is 1. The standard InChI is InChI=1S/C28H27FN6O4/c1-16-5-10-20(35-34-16)13-30-27-22-11-18(17-6-8-19(29)9-7-17)12-24(26(22)31-15-32-27)39-14-25(36)33-23-4-2-3-21(23)28(37)38/h5-12,15,21,23H,2-4,13-14H2,1H3,(H,33,36)(H,37,38)(H,30,31,32)/t21-,23+/m1/s1. The minimum absolute atomic E-state index is 0.323. The van der Waals surface area contributed by atoms with Crippen molar-refractivity contribution in [2.24, 2.45) is 5.92 Å². The maximum Gasteiger partial charge on any atom is 0.308 e. The number of carboxylic acids is 1. The zero-order valence-electron chi connectivity index (χ0n) is 21.2. The first-order chi connectivity index (χ1) is 18.9. The minimum Gasteiger partial charge on any atom is -0.481 e. The van der Waals surface area contributed by atoms with E-state index in [1.54, 1.807) is 18.2 Å². The first-order valence-corrected chi connectivity index (χ1v) is 12.6. The van der Waals surface area contributed by atoms with Gasteiger partial charge in [0.25, 0.3) is 5.91 Å². The Morgan fingerprint density at radius 1 is 1.05 bits per heavy atom. The quantitative estimate of drug-likeness (QED) is 0.294. The van der Waals surface area contributed by atoms with E-state index >= 15 is 0 Å². The van der Waals surface area contributed by atoms with Gasteiger partial charge < -0.3 is 20.5 Å². The lowest BCUT2D eigenvalue weighted by Gasteiger charge is -2.18. The molecule has 5 rings (SSSR count). The van der Waals surface area contributed by atoms with E-state index in [0.29, 0.717) is 47.4 Å². The van der Waals surface area contributed by atoms with Crippen molar-refractivity contribution in [1.29, 1.82) is 0 Å². The van der Waals surface area contributed by atoms with Crippen LogP contribution in [0.1, 0.15) is 30.7 Å². The summed E-state index contributed by atoms with van der Waals surface area (Å²) in [6.07, 6.45) is 3.28. The summed E-state index contributed by atoms with van der Waals surface area (Å²) in [4.78, 5) is 33.0. The molecule has 0 aliphatic heterocycles. The number of hydrogen-bond acceptors (Lipinski definition) is 8. The van der Waals surface area contributed by atoms with Crippen LogP contribution < -0.4 is 15.4 Å². The van der Waals surface area contributed by atoms with Gasteiger partial charge in [0.1, 0.15) is 29.2 Å². The Balaban J connectivity index is 1.42. The van der Waals surface area contributed by atoms with Gasteiger partial charge in [-0.25, -0.2) is 14.4 Å². The number of hydrogen-bond donors (Lipinski definition) is 3. The smallest absolute Gasteiger partial charge is 0.308 e. The number of halogens is 1. The van der Waals surface area contributed by atoms with Crippen molar-refractivity contribution in [2.45, 2.75) is 38.8 Å². The molecule has 200 valence electrons. The van der Waals surface area contributed by atoms with Crippen molar-refractivity contribution in [3.8, 4) is 16.9 Å². The van der Waals surface area contributed by atoms with Crippen molar-refractivity contribution >= 4 is 28.6 Å². The van der Waals surface area contributed by atoms with Crippen LogP contribution in [0.25, 0.3) is 22.0 Å². The van der Waals surface area contributed by atoms with Crippen molar-refractivity contribution in [3.05, 3.63) is 72.1 Å². The number of ether oxygens (including phenoxy) is 1. The minimum atomic E-state index is -0.912. The highest BCUT2D eigenvalue weighted by atomic mass is 19.1. The van der Waals surface area contributed by atoms with Gasteiger partial charge in [0.15, 0.2) is 6.61 Å². The number of aromatic nitrogens is 4. The highest BCUT2D eigenvalue weighted by molar-refractivity contribution is 5.96.